The minimum Gasteiger partial charge on any atom is -0.304 e. The van der Waals surface area contributed by atoms with Crippen LogP contribution in [0.2, 0.25) is 0 Å². The fourth-order valence-electron chi connectivity index (χ4n) is 0.671. The summed E-state index contributed by atoms with van der Waals surface area (Å²) in [7, 11) is 0. The van der Waals surface area contributed by atoms with Crippen LogP contribution in [0.25, 0.3) is 0 Å². The van der Waals surface area contributed by atoms with Crippen LogP contribution in [0.3, 0.4) is 0 Å². The molecule has 0 N–H and O–H groups in total. The maximum absolute atomic E-state index is 2.38. The molecule has 62 valence electrons. The number of nitrogens with zero attached hydrogens (tertiary/aromatic N) is 1. The van der Waals surface area contributed by atoms with Crippen LogP contribution in [0.15, 0.2) is 0 Å². The molecule has 0 rings (SSSR count). The average Bonchev–Trinajstić information content (AvgIpc) is 1.72. The molecule has 0 unspecified atom stereocenters. The van der Waals surface area contributed by atoms with Gasteiger partial charge in [-0.2, -0.15) is 0 Å². The molecule has 0 saturated carbocycles. The molecule has 0 spiro atoms. The van der Waals surface area contributed by atoms with Gasteiger partial charge in [0, 0.05) is 19.5 Å². The zero-order valence-corrected chi connectivity index (χ0v) is 11.7. The van der Waals surface area contributed by atoms with Crippen molar-refractivity contribution in [2.75, 3.05) is 19.6 Å². The largest absolute Gasteiger partial charge is 0.304 e. The van der Waals surface area contributed by atoms with Crippen LogP contribution in [0.4, 0.5) is 0 Å². The third kappa shape index (κ3) is 11.9. The molecule has 0 aliphatic carbocycles. The fourth-order valence-corrected chi connectivity index (χ4v) is 0.671. The molecule has 1 nitrogen and oxygen atoms in total. The van der Waals surface area contributed by atoms with Crippen molar-refractivity contribution in [1.82, 2.24) is 4.90 Å². The summed E-state index contributed by atoms with van der Waals surface area (Å²) in [6.07, 6.45) is 0. The Hall–Kier alpha value is 1.16. The van der Waals surface area contributed by atoms with Gasteiger partial charge in [0.15, 0.2) is 0 Å². The summed E-state index contributed by atoms with van der Waals surface area (Å²) >= 11 is 0. The standard InChI is InChI=1S/C6H15N.2ClH.Zn/c1-4-7(5-2)6-3;;;/h4-6H2,1-3H3;2*1H;. The minimum absolute atomic E-state index is 0. The van der Waals surface area contributed by atoms with Gasteiger partial charge < -0.3 is 4.90 Å². The summed E-state index contributed by atoms with van der Waals surface area (Å²) in [6, 6.07) is 0. The molecule has 0 bridgehead atoms. The predicted molar refractivity (Wildman–Crippen MR) is 48.0 cm³/mol. The molecule has 0 fully saturated rings. The van der Waals surface area contributed by atoms with Gasteiger partial charge in [-0.05, 0) is 19.6 Å². The molecule has 0 amide bonds. The van der Waals surface area contributed by atoms with Gasteiger partial charge in [-0.25, -0.2) is 0 Å². The fraction of sp³-hybridized carbons (Fsp3) is 1.00. The molecule has 0 aliphatic rings. The molecular weight excluding hydrogens is 222 g/mol. The van der Waals surface area contributed by atoms with Gasteiger partial charge >= 0.3 is 0 Å². The van der Waals surface area contributed by atoms with E-state index in [1.807, 2.05) is 0 Å². The second-order valence-corrected chi connectivity index (χ2v) is 1.62. The van der Waals surface area contributed by atoms with Crippen molar-refractivity contribution in [2.24, 2.45) is 0 Å². The van der Waals surface area contributed by atoms with E-state index >= 15 is 0 Å². The van der Waals surface area contributed by atoms with E-state index in [9.17, 15) is 0 Å². The monoisotopic (exact) mass is 237 g/mol. The SMILES string of the molecule is CCN(CC)CC.Cl.Cl.[Zn]. The van der Waals surface area contributed by atoms with Crippen molar-refractivity contribution in [3.8, 4) is 0 Å². The average molecular weight is 240 g/mol. The van der Waals surface area contributed by atoms with Gasteiger partial charge in [0.1, 0.15) is 0 Å². The van der Waals surface area contributed by atoms with Gasteiger partial charge in [-0.1, -0.05) is 20.8 Å². The van der Waals surface area contributed by atoms with E-state index in [2.05, 4.69) is 25.7 Å². The molecule has 10 heavy (non-hydrogen) atoms. The molecular formula is C6H17Cl2NZn. The Labute approximate surface area is 89.5 Å². The van der Waals surface area contributed by atoms with E-state index in [4.69, 9.17) is 0 Å². The molecule has 0 aromatic rings. The minimum atomic E-state index is 0. The molecule has 0 saturated heterocycles. The van der Waals surface area contributed by atoms with Crippen molar-refractivity contribution in [2.45, 2.75) is 20.8 Å². The van der Waals surface area contributed by atoms with Gasteiger partial charge in [-0.3, -0.25) is 0 Å². The van der Waals surface area contributed by atoms with Gasteiger partial charge in [0.2, 0.25) is 0 Å². The summed E-state index contributed by atoms with van der Waals surface area (Å²) in [6.45, 7) is 10.1. The Morgan fingerprint density at radius 2 is 1.00 bits per heavy atom. The first-order valence-corrected chi connectivity index (χ1v) is 3.07. The van der Waals surface area contributed by atoms with Gasteiger partial charge in [0.05, 0.1) is 0 Å². The second-order valence-electron chi connectivity index (χ2n) is 1.62. The summed E-state index contributed by atoms with van der Waals surface area (Å²) in [5, 5.41) is 0. The molecule has 0 aromatic carbocycles. The summed E-state index contributed by atoms with van der Waals surface area (Å²) in [5.74, 6) is 0. The van der Waals surface area contributed by atoms with Crippen LogP contribution in [0, 0.1) is 0 Å². The van der Waals surface area contributed by atoms with E-state index in [-0.39, 0.29) is 44.3 Å². The third-order valence-electron chi connectivity index (χ3n) is 1.34. The zero-order valence-electron chi connectivity index (χ0n) is 7.09. The smallest absolute Gasteiger partial charge is 0 e. The van der Waals surface area contributed by atoms with Crippen molar-refractivity contribution in [3.63, 3.8) is 0 Å². The second kappa shape index (κ2) is 16.6. The van der Waals surface area contributed by atoms with Crippen LogP contribution >= 0.6 is 24.8 Å². The van der Waals surface area contributed by atoms with E-state index in [0.717, 1.165) is 0 Å². The van der Waals surface area contributed by atoms with Crippen molar-refractivity contribution in [3.05, 3.63) is 0 Å². The predicted octanol–water partition coefficient (Wildman–Crippen LogP) is 2.19. The van der Waals surface area contributed by atoms with E-state index < -0.39 is 0 Å². The summed E-state index contributed by atoms with van der Waals surface area (Å²) in [5.41, 5.74) is 0. The number of halogens is 2. The number of rotatable bonds is 3. The number of hydrogen-bond acceptors (Lipinski definition) is 1. The molecule has 0 radical (unpaired) electrons. The van der Waals surface area contributed by atoms with Crippen LogP contribution in [0.1, 0.15) is 20.8 Å². The third-order valence-corrected chi connectivity index (χ3v) is 1.34. The van der Waals surface area contributed by atoms with Crippen LogP contribution in [-0.4, -0.2) is 24.5 Å². The molecule has 4 heteroatoms. The topological polar surface area (TPSA) is 3.24 Å². The summed E-state index contributed by atoms with van der Waals surface area (Å²) < 4.78 is 0. The maximum atomic E-state index is 2.38. The summed E-state index contributed by atoms with van der Waals surface area (Å²) in [4.78, 5) is 2.38. The van der Waals surface area contributed by atoms with E-state index in [1.54, 1.807) is 0 Å². The first-order chi connectivity index (χ1) is 3.35. The molecule has 0 aromatic heterocycles. The Bertz CT molecular complexity index is 37.2. The zero-order chi connectivity index (χ0) is 5.70. The number of hydrogen-bond donors (Lipinski definition) is 0. The van der Waals surface area contributed by atoms with Crippen LogP contribution in [0.5, 0.6) is 0 Å². The maximum Gasteiger partial charge on any atom is 0 e. The normalized spacial score (nSPS) is 7.20. The Kier molecular flexibility index (Phi) is 37.4. The van der Waals surface area contributed by atoms with Crippen molar-refractivity contribution < 1.29 is 19.5 Å². The van der Waals surface area contributed by atoms with E-state index in [0.29, 0.717) is 0 Å². The Balaban J connectivity index is -0.0000000600. The molecule has 0 aliphatic heterocycles. The van der Waals surface area contributed by atoms with E-state index in [1.165, 1.54) is 19.6 Å². The Morgan fingerprint density at radius 3 is 1.00 bits per heavy atom. The van der Waals surface area contributed by atoms with Crippen LogP contribution < -0.4 is 0 Å². The molecule has 0 atom stereocenters. The van der Waals surface area contributed by atoms with Crippen LogP contribution in [-0.2, 0) is 19.5 Å². The first kappa shape index (κ1) is 22.5. The van der Waals surface area contributed by atoms with Crippen molar-refractivity contribution >= 4 is 24.8 Å². The van der Waals surface area contributed by atoms with Gasteiger partial charge in [0.25, 0.3) is 0 Å². The quantitative estimate of drug-likeness (QED) is 0.683. The molecule has 0 heterocycles. The Morgan fingerprint density at radius 1 is 0.800 bits per heavy atom. The van der Waals surface area contributed by atoms with Crippen molar-refractivity contribution in [1.29, 1.82) is 0 Å². The van der Waals surface area contributed by atoms with Gasteiger partial charge in [-0.15, -0.1) is 24.8 Å². The first-order valence-electron chi connectivity index (χ1n) is 3.07.